The Bertz CT molecular complexity index is 1010. The number of hydrogen-bond acceptors (Lipinski definition) is 6. The van der Waals surface area contributed by atoms with E-state index in [0.717, 1.165) is 0 Å². The van der Waals surface area contributed by atoms with Gasteiger partial charge >= 0.3 is 0 Å². The molecule has 2 aromatic carbocycles. The molecule has 0 saturated carbocycles. The van der Waals surface area contributed by atoms with Crippen molar-refractivity contribution < 1.29 is 23.8 Å². The van der Waals surface area contributed by atoms with Crippen LogP contribution in [0.1, 0.15) is 26.3 Å². The Morgan fingerprint density at radius 2 is 1.55 bits per heavy atom. The van der Waals surface area contributed by atoms with Gasteiger partial charge < -0.3 is 19.2 Å². The van der Waals surface area contributed by atoms with Gasteiger partial charge in [0.25, 0.3) is 0 Å². The van der Waals surface area contributed by atoms with E-state index in [-0.39, 0.29) is 11.6 Å². The zero-order valence-corrected chi connectivity index (χ0v) is 16.3. The number of ketones is 2. The van der Waals surface area contributed by atoms with E-state index in [9.17, 15) is 9.59 Å². The molecule has 4 rings (SSSR count). The van der Waals surface area contributed by atoms with E-state index in [0.29, 0.717) is 39.5 Å². The number of fused-ring (bicyclic) bond motifs is 1. The second-order valence-corrected chi connectivity index (χ2v) is 5.97. The number of hydrogen-bond donors (Lipinski definition) is 1. The molecule has 0 unspecified atom stereocenters. The van der Waals surface area contributed by atoms with Crippen LogP contribution < -0.4 is 14.2 Å². The first kappa shape index (κ1) is 19.9. The maximum atomic E-state index is 12.8. The summed E-state index contributed by atoms with van der Waals surface area (Å²) in [6, 6.07) is 10.1. The Labute approximate surface area is 168 Å². The van der Waals surface area contributed by atoms with Gasteiger partial charge in [0, 0.05) is 29.1 Å². The van der Waals surface area contributed by atoms with Gasteiger partial charge in [-0.05, 0) is 23.8 Å². The molecule has 0 bridgehead atoms. The Morgan fingerprint density at radius 1 is 0.897 bits per heavy atom. The lowest BCUT2D eigenvalue weighted by molar-refractivity contribution is 0.100. The number of aromatic amines is 1. The van der Waals surface area contributed by atoms with Gasteiger partial charge in [-0.15, -0.1) is 0 Å². The first-order valence-corrected chi connectivity index (χ1v) is 8.73. The molecule has 0 aliphatic heterocycles. The minimum Gasteiger partial charge on any atom is -0.493 e. The van der Waals surface area contributed by atoms with Crippen LogP contribution in [0.15, 0.2) is 61.2 Å². The third-order valence-corrected chi connectivity index (χ3v) is 4.34. The molecule has 29 heavy (non-hydrogen) atoms. The molecule has 1 aliphatic carbocycles. The lowest BCUT2D eigenvalue weighted by Gasteiger charge is -2.18. The topological polar surface area (TPSA) is 90.5 Å². The van der Waals surface area contributed by atoms with Crippen molar-refractivity contribution in [3.8, 4) is 17.2 Å². The highest BCUT2D eigenvalue weighted by molar-refractivity contribution is 6.38. The molecule has 1 aliphatic rings. The van der Waals surface area contributed by atoms with Crippen LogP contribution in [0.2, 0.25) is 0 Å². The zero-order valence-electron chi connectivity index (χ0n) is 16.3. The molecular weight excluding hydrogens is 372 g/mol. The molecule has 0 radical (unpaired) electrons. The fourth-order valence-corrected chi connectivity index (χ4v) is 2.98. The third kappa shape index (κ3) is 4.03. The van der Waals surface area contributed by atoms with Gasteiger partial charge in [0.2, 0.25) is 5.75 Å². The van der Waals surface area contributed by atoms with Crippen molar-refractivity contribution in [1.82, 2.24) is 9.97 Å². The Balaban J connectivity index is 0.000000419. The molecule has 0 atom stereocenters. The van der Waals surface area contributed by atoms with Crippen LogP contribution >= 0.6 is 0 Å². The summed E-state index contributed by atoms with van der Waals surface area (Å²) < 4.78 is 15.9. The molecule has 0 spiro atoms. The summed E-state index contributed by atoms with van der Waals surface area (Å²) in [5.74, 6) is 0.867. The van der Waals surface area contributed by atoms with Crippen LogP contribution in [-0.2, 0) is 0 Å². The van der Waals surface area contributed by atoms with Gasteiger partial charge in [-0.3, -0.25) is 9.59 Å². The Morgan fingerprint density at radius 3 is 2.03 bits per heavy atom. The van der Waals surface area contributed by atoms with Crippen molar-refractivity contribution >= 4 is 17.1 Å². The fourth-order valence-electron chi connectivity index (χ4n) is 2.98. The first-order chi connectivity index (χ1) is 14.1. The molecular formula is C22H20N2O5. The molecule has 0 saturated heterocycles. The first-order valence-electron chi connectivity index (χ1n) is 8.73. The van der Waals surface area contributed by atoms with Gasteiger partial charge in [-0.2, -0.15) is 0 Å². The van der Waals surface area contributed by atoms with Crippen LogP contribution in [0.25, 0.3) is 5.57 Å². The van der Waals surface area contributed by atoms with E-state index in [1.54, 1.807) is 55.1 Å². The summed E-state index contributed by atoms with van der Waals surface area (Å²) >= 11 is 0. The van der Waals surface area contributed by atoms with E-state index in [4.69, 9.17) is 14.2 Å². The van der Waals surface area contributed by atoms with Gasteiger partial charge in [-0.25, -0.2) is 4.98 Å². The summed E-state index contributed by atoms with van der Waals surface area (Å²) in [6.45, 7) is 0. The number of carbonyl (C=O) groups excluding carboxylic acids is 2. The van der Waals surface area contributed by atoms with E-state index < -0.39 is 0 Å². The predicted molar refractivity (Wildman–Crippen MR) is 108 cm³/mol. The molecule has 1 N–H and O–H groups in total. The van der Waals surface area contributed by atoms with E-state index >= 15 is 0 Å². The SMILES string of the molecule is COc1cc(C2=CC(=O)c3ccccc3C2=O)cc(OC)c1OC.c1c[nH]cn1. The quantitative estimate of drug-likeness (QED) is 0.730. The number of methoxy groups -OCH3 is 3. The largest absolute Gasteiger partial charge is 0.493 e. The summed E-state index contributed by atoms with van der Waals surface area (Å²) in [6.07, 6.45) is 6.44. The number of benzene rings is 2. The maximum Gasteiger partial charge on any atom is 0.203 e. The van der Waals surface area contributed by atoms with Crippen LogP contribution in [-0.4, -0.2) is 42.9 Å². The maximum absolute atomic E-state index is 12.8. The van der Waals surface area contributed by atoms with Crippen LogP contribution in [0.3, 0.4) is 0 Å². The molecule has 3 aromatic rings. The average molecular weight is 392 g/mol. The predicted octanol–water partition coefficient (Wildman–Crippen LogP) is 3.58. The molecule has 7 heteroatoms. The highest BCUT2D eigenvalue weighted by Crippen LogP contribution is 2.41. The number of nitrogens with one attached hydrogen (secondary N) is 1. The van der Waals surface area contributed by atoms with Crippen molar-refractivity contribution in [2.24, 2.45) is 0 Å². The highest BCUT2D eigenvalue weighted by Gasteiger charge is 2.27. The van der Waals surface area contributed by atoms with Crippen molar-refractivity contribution in [3.63, 3.8) is 0 Å². The zero-order chi connectivity index (χ0) is 20.8. The number of imidazole rings is 1. The van der Waals surface area contributed by atoms with Gasteiger partial charge in [0.15, 0.2) is 23.1 Å². The monoisotopic (exact) mass is 392 g/mol. The summed E-state index contributed by atoms with van der Waals surface area (Å²) in [5, 5.41) is 0. The molecule has 148 valence electrons. The van der Waals surface area contributed by atoms with Crippen molar-refractivity contribution in [3.05, 3.63) is 77.9 Å². The molecule has 0 amide bonds. The lowest BCUT2D eigenvalue weighted by Crippen LogP contribution is -2.16. The number of rotatable bonds is 4. The normalized spacial score (nSPS) is 12.3. The summed E-state index contributed by atoms with van der Waals surface area (Å²) in [7, 11) is 4.50. The Kier molecular flexibility index (Phi) is 6.09. The van der Waals surface area contributed by atoms with Gasteiger partial charge in [0.05, 0.1) is 27.7 Å². The minimum absolute atomic E-state index is 0.200. The number of ether oxygens (including phenoxy) is 3. The number of allylic oxidation sites excluding steroid dienone is 2. The third-order valence-electron chi connectivity index (χ3n) is 4.34. The van der Waals surface area contributed by atoms with E-state index in [1.165, 1.54) is 27.4 Å². The summed E-state index contributed by atoms with van der Waals surface area (Å²) in [5.41, 5.74) is 1.66. The van der Waals surface area contributed by atoms with Crippen LogP contribution in [0, 0.1) is 0 Å². The smallest absolute Gasteiger partial charge is 0.203 e. The second kappa shape index (κ2) is 8.88. The van der Waals surface area contributed by atoms with Crippen molar-refractivity contribution in [2.75, 3.05) is 21.3 Å². The average Bonchev–Trinajstić information content (AvgIpc) is 3.35. The molecule has 0 fully saturated rings. The van der Waals surface area contributed by atoms with Gasteiger partial charge in [-0.1, -0.05) is 24.3 Å². The lowest BCUT2D eigenvalue weighted by atomic mass is 9.86. The number of carbonyl (C=O) groups is 2. The van der Waals surface area contributed by atoms with E-state index in [2.05, 4.69) is 9.97 Å². The molecule has 7 nitrogen and oxygen atoms in total. The number of nitrogens with zero attached hydrogens (tertiary/aromatic N) is 1. The number of aromatic nitrogens is 2. The fraction of sp³-hybridized carbons (Fsp3) is 0.136. The minimum atomic E-state index is -0.209. The van der Waals surface area contributed by atoms with Crippen LogP contribution in [0.4, 0.5) is 0 Å². The van der Waals surface area contributed by atoms with Crippen molar-refractivity contribution in [2.45, 2.75) is 0 Å². The summed E-state index contributed by atoms with van der Waals surface area (Å²) in [4.78, 5) is 31.5. The van der Waals surface area contributed by atoms with Crippen molar-refractivity contribution in [1.29, 1.82) is 0 Å². The molecule has 1 heterocycles. The molecule has 1 aromatic heterocycles. The number of H-pyrrole nitrogens is 1. The second-order valence-electron chi connectivity index (χ2n) is 5.97. The highest BCUT2D eigenvalue weighted by atomic mass is 16.5. The van der Waals surface area contributed by atoms with Gasteiger partial charge in [0.1, 0.15) is 0 Å². The number of Topliss-reactive ketones (excluding diaryl/α,β-unsaturated/α-hetero) is 1. The Hall–Kier alpha value is -3.87. The standard InChI is InChI=1S/C19H16O5.C3H4N2/c1-22-16-8-11(9-17(23-2)19(16)24-3)14-10-15(20)12-6-4-5-7-13(12)18(14)21;1-2-5-3-4-1/h4-10H,1-3H3;1-3H,(H,4,5). The van der Waals surface area contributed by atoms with Crippen LogP contribution in [0.5, 0.6) is 17.2 Å². The van der Waals surface area contributed by atoms with E-state index in [1.807, 2.05) is 0 Å².